The standard InChI is InChI=1S/C22H26N4O4S/c1-15(27)25-11-13-26(14-12-25)17-9-7-16(8-10-17)23-22(31)24-21(28)20-18(29-2)5-4-6-19(20)30-3/h4-10H,11-14H2,1-3H3,(H2,23,24,28,31). The van der Waals surface area contributed by atoms with Gasteiger partial charge >= 0.3 is 0 Å². The molecule has 0 unspecified atom stereocenters. The van der Waals surface area contributed by atoms with Crippen molar-refractivity contribution in [3.63, 3.8) is 0 Å². The Morgan fingerprint density at radius 2 is 1.52 bits per heavy atom. The van der Waals surface area contributed by atoms with Crippen LogP contribution < -0.4 is 25.0 Å². The molecule has 8 nitrogen and oxygen atoms in total. The first-order valence-electron chi connectivity index (χ1n) is 9.86. The third kappa shape index (κ3) is 5.43. The molecule has 2 amide bonds. The van der Waals surface area contributed by atoms with Crippen LogP contribution in [0, 0.1) is 0 Å². The molecule has 0 saturated carbocycles. The summed E-state index contributed by atoms with van der Waals surface area (Å²) >= 11 is 5.29. The number of methoxy groups -OCH3 is 2. The van der Waals surface area contributed by atoms with Crippen molar-refractivity contribution in [1.29, 1.82) is 0 Å². The van der Waals surface area contributed by atoms with Gasteiger partial charge in [0.2, 0.25) is 5.91 Å². The zero-order valence-corrected chi connectivity index (χ0v) is 18.6. The van der Waals surface area contributed by atoms with Gasteiger partial charge < -0.3 is 24.6 Å². The van der Waals surface area contributed by atoms with Crippen molar-refractivity contribution in [2.45, 2.75) is 6.92 Å². The SMILES string of the molecule is COc1cccc(OC)c1C(=O)NC(=S)Nc1ccc(N2CCN(C(C)=O)CC2)cc1. The summed E-state index contributed by atoms with van der Waals surface area (Å²) in [6, 6.07) is 12.9. The Morgan fingerprint density at radius 3 is 2.03 bits per heavy atom. The van der Waals surface area contributed by atoms with Crippen molar-refractivity contribution in [3.05, 3.63) is 48.0 Å². The minimum Gasteiger partial charge on any atom is -0.496 e. The number of carbonyl (C=O) groups excluding carboxylic acids is 2. The molecule has 2 N–H and O–H groups in total. The van der Waals surface area contributed by atoms with Crippen LogP contribution in [0.5, 0.6) is 11.5 Å². The third-order valence-electron chi connectivity index (χ3n) is 5.10. The molecule has 0 aliphatic carbocycles. The van der Waals surface area contributed by atoms with Gasteiger partial charge in [-0.2, -0.15) is 0 Å². The predicted molar refractivity (Wildman–Crippen MR) is 124 cm³/mol. The number of amides is 2. The van der Waals surface area contributed by atoms with Gasteiger partial charge in [-0.15, -0.1) is 0 Å². The average Bonchev–Trinajstić information content (AvgIpc) is 2.78. The number of anilines is 2. The smallest absolute Gasteiger partial charge is 0.264 e. The molecule has 0 radical (unpaired) electrons. The number of piperazine rings is 1. The molecule has 1 fully saturated rings. The van der Waals surface area contributed by atoms with E-state index in [1.54, 1.807) is 25.1 Å². The van der Waals surface area contributed by atoms with Gasteiger partial charge in [-0.05, 0) is 48.6 Å². The van der Waals surface area contributed by atoms with Gasteiger partial charge in [-0.25, -0.2) is 0 Å². The fourth-order valence-electron chi connectivity index (χ4n) is 3.44. The Bertz CT molecular complexity index is 934. The zero-order valence-electron chi connectivity index (χ0n) is 17.8. The van der Waals surface area contributed by atoms with Gasteiger partial charge in [-0.1, -0.05) is 6.07 Å². The second-order valence-electron chi connectivity index (χ2n) is 6.99. The molecule has 164 valence electrons. The summed E-state index contributed by atoms with van der Waals surface area (Å²) in [5.74, 6) is 0.481. The maximum absolute atomic E-state index is 12.7. The second-order valence-corrected chi connectivity index (χ2v) is 7.39. The van der Waals surface area contributed by atoms with Crippen LogP contribution in [0.3, 0.4) is 0 Å². The van der Waals surface area contributed by atoms with E-state index in [4.69, 9.17) is 21.7 Å². The van der Waals surface area contributed by atoms with Gasteiger partial charge in [0, 0.05) is 44.5 Å². The van der Waals surface area contributed by atoms with Crippen molar-refractivity contribution >= 4 is 40.5 Å². The first-order valence-corrected chi connectivity index (χ1v) is 10.3. The molecule has 1 saturated heterocycles. The molecule has 2 aromatic rings. The fourth-order valence-corrected chi connectivity index (χ4v) is 3.65. The average molecular weight is 443 g/mol. The number of nitrogens with one attached hydrogen (secondary N) is 2. The molecule has 0 bridgehead atoms. The van der Waals surface area contributed by atoms with Crippen LogP contribution in [0.1, 0.15) is 17.3 Å². The monoisotopic (exact) mass is 442 g/mol. The van der Waals surface area contributed by atoms with Crippen LogP contribution in [0.4, 0.5) is 11.4 Å². The number of carbonyl (C=O) groups is 2. The molecule has 1 aliphatic heterocycles. The van der Waals surface area contributed by atoms with E-state index in [0.29, 0.717) is 11.5 Å². The Balaban J connectivity index is 1.59. The molecular formula is C22H26N4O4S. The van der Waals surface area contributed by atoms with Crippen molar-refractivity contribution in [2.24, 2.45) is 0 Å². The van der Waals surface area contributed by atoms with Gasteiger partial charge in [0.15, 0.2) is 5.11 Å². The van der Waals surface area contributed by atoms with Crippen LogP contribution in [0.25, 0.3) is 0 Å². The quantitative estimate of drug-likeness (QED) is 0.689. The van der Waals surface area contributed by atoms with Crippen molar-refractivity contribution in [3.8, 4) is 11.5 Å². The molecular weight excluding hydrogens is 416 g/mol. The van der Waals surface area contributed by atoms with E-state index in [2.05, 4.69) is 15.5 Å². The lowest BCUT2D eigenvalue weighted by atomic mass is 10.1. The largest absolute Gasteiger partial charge is 0.496 e. The number of hydrogen-bond donors (Lipinski definition) is 2. The lowest BCUT2D eigenvalue weighted by Crippen LogP contribution is -2.48. The molecule has 31 heavy (non-hydrogen) atoms. The first kappa shape index (κ1) is 22.4. The number of thiocarbonyl (C=S) groups is 1. The summed E-state index contributed by atoms with van der Waals surface area (Å²) < 4.78 is 10.5. The first-order chi connectivity index (χ1) is 14.9. The minimum absolute atomic E-state index is 0.112. The summed E-state index contributed by atoms with van der Waals surface area (Å²) in [6.07, 6.45) is 0. The van der Waals surface area contributed by atoms with Gasteiger partial charge in [-0.3, -0.25) is 14.9 Å². The highest BCUT2D eigenvalue weighted by Crippen LogP contribution is 2.28. The summed E-state index contributed by atoms with van der Waals surface area (Å²) in [7, 11) is 2.98. The van der Waals surface area contributed by atoms with Crippen LogP contribution in [-0.2, 0) is 4.79 Å². The predicted octanol–water partition coefficient (Wildman–Crippen LogP) is 2.50. The van der Waals surface area contributed by atoms with Crippen molar-refractivity contribution in [1.82, 2.24) is 10.2 Å². The van der Waals surface area contributed by atoms with E-state index in [0.717, 1.165) is 37.6 Å². The summed E-state index contributed by atoms with van der Waals surface area (Å²) in [6.45, 7) is 4.63. The van der Waals surface area contributed by atoms with E-state index < -0.39 is 5.91 Å². The molecule has 1 heterocycles. The molecule has 0 spiro atoms. The van der Waals surface area contributed by atoms with E-state index in [9.17, 15) is 9.59 Å². The Morgan fingerprint density at radius 1 is 0.935 bits per heavy atom. The van der Waals surface area contributed by atoms with Crippen LogP contribution in [0.15, 0.2) is 42.5 Å². The number of rotatable bonds is 5. The van der Waals surface area contributed by atoms with Crippen LogP contribution in [0.2, 0.25) is 0 Å². The fraction of sp³-hybridized carbons (Fsp3) is 0.318. The van der Waals surface area contributed by atoms with E-state index in [-0.39, 0.29) is 16.6 Å². The Kier molecular flexibility index (Phi) is 7.30. The Hall–Kier alpha value is -3.33. The van der Waals surface area contributed by atoms with E-state index >= 15 is 0 Å². The van der Waals surface area contributed by atoms with Crippen molar-refractivity contribution < 1.29 is 19.1 Å². The van der Waals surface area contributed by atoms with Gasteiger partial charge in [0.1, 0.15) is 17.1 Å². The number of ether oxygens (including phenoxy) is 2. The highest BCUT2D eigenvalue weighted by atomic mass is 32.1. The summed E-state index contributed by atoms with van der Waals surface area (Å²) in [5.41, 5.74) is 2.10. The van der Waals surface area contributed by atoms with Gasteiger partial charge in [0.05, 0.1) is 14.2 Å². The zero-order chi connectivity index (χ0) is 22.4. The lowest BCUT2D eigenvalue weighted by Gasteiger charge is -2.35. The number of benzene rings is 2. The maximum Gasteiger partial charge on any atom is 0.264 e. The van der Waals surface area contributed by atoms with Crippen LogP contribution in [-0.4, -0.2) is 62.2 Å². The second kappa shape index (κ2) is 10.1. The molecule has 1 aliphatic rings. The summed E-state index contributed by atoms with van der Waals surface area (Å²) in [4.78, 5) is 28.3. The topological polar surface area (TPSA) is 83.1 Å². The number of hydrogen-bond acceptors (Lipinski definition) is 6. The molecule has 2 aromatic carbocycles. The normalized spacial score (nSPS) is 13.4. The lowest BCUT2D eigenvalue weighted by molar-refractivity contribution is -0.129. The third-order valence-corrected chi connectivity index (χ3v) is 5.30. The highest BCUT2D eigenvalue weighted by Gasteiger charge is 2.20. The molecule has 0 aromatic heterocycles. The minimum atomic E-state index is -0.424. The summed E-state index contributed by atoms with van der Waals surface area (Å²) in [5, 5.41) is 5.84. The van der Waals surface area contributed by atoms with Crippen molar-refractivity contribution in [2.75, 3.05) is 50.6 Å². The number of nitrogens with zero attached hydrogens (tertiary/aromatic N) is 2. The maximum atomic E-state index is 12.7. The van der Waals surface area contributed by atoms with Gasteiger partial charge in [0.25, 0.3) is 5.91 Å². The Labute approximate surface area is 187 Å². The molecule has 3 rings (SSSR count). The molecule has 0 atom stereocenters. The molecule has 9 heteroatoms. The van der Waals surface area contributed by atoms with Crippen LogP contribution >= 0.6 is 12.2 Å². The van der Waals surface area contributed by atoms with E-state index in [1.807, 2.05) is 29.2 Å². The van der Waals surface area contributed by atoms with E-state index in [1.165, 1.54) is 14.2 Å². The highest BCUT2D eigenvalue weighted by molar-refractivity contribution is 7.80.